The summed E-state index contributed by atoms with van der Waals surface area (Å²) in [6.07, 6.45) is 1.67. The lowest BCUT2D eigenvalue weighted by Crippen LogP contribution is -2.28. The number of halogens is 1. The third kappa shape index (κ3) is 3.76. The highest BCUT2D eigenvalue weighted by Crippen LogP contribution is 2.28. The molecule has 0 bridgehead atoms. The van der Waals surface area contributed by atoms with Gasteiger partial charge in [-0.05, 0) is 24.6 Å². The predicted octanol–water partition coefficient (Wildman–Crippen LogP) is 2.68. The van der Waals surface area contributed by atoms with Gasteiger partial charge >= 0.3 is 5.97 Å². The number of aromatic nitrogens is 2. The summed E-state index contributed by atoms with van der Waals surface area (Å²) in [5.74, 6) is -1.35. The Labute approximate surface area is 162 Å². The van der Waals surface area contributed by atoms with Crippen LogP contribution in [0.1, 0.15) is 33.7 Å². The summed E-state index contributed by atoms with van der Waals surface area (Å²) in [4.78, 5) is 11.4. The number of aryl methyl sites for hydroxylation is 1. The summed E-state index contributed by atoms with van der Waals surface area (Å²) in [5.41, 5.74) is 1.52. The zero-order chi connectivity index (χ0) is 20.5. The number of para-hydroxylation sites is 1. The molecule has 7 nitrogen and oxygen atoms in total. The van der Waals surface area contributed by atoms with Crippen LogP contribution in [-0.4, -0.2) is 31.3 Å². The van der Waals surface area contributed by atoms with E-state index in [4.69, 9.17) is 0 Å². The number of fused-ring (bicyclic) bond motifs is 1. The first-order valence-electron chi connectivity index (χ1n) is 8.50. The molecule has 9 heteroatoms. The van der Waals surface area contributed by atoms with Crippen LogP contribution in [0.2, 0.25) is 0 Å². The molecule has 3 aromatic rings. The van der Waals surface area contributed by atoms with Gasteiger partial charge in [0.25, 0.3) is 0 Å². The molecule has 1 atom stereocenters. The smallest absolute Gasteiger partial charge is 0.337 e. The van der Waals surface area contributed by atoms with E-state index in [-0.39, 0.29) is 17.7 Å². The molecule has 1 aromatic heterocycles. The van der Waals surface area contributed by atoms with Crippen molar-refractivity contribution in [3.63, 3.8) is 0 Å². The van der Waals surface area contributed by atoms with Crippen LogP contribution in [0, 0.1) is 5.82 Å². The molecule has 0 radical (unpaired) electrons. The van der Waals surface area contributed by atoms with Crippen LogP contribution in [0.5, 0.6) is 0 Å². The summed E-state index contributed by atoms with van der Waals surface area (Å²) in [5, 5.41) is 4.14. The fourth-order valence-corrected chi connectivity index (χ4v) is 4.13. The van der Waals surface area contributed by atoms with Gasteiger partial charge in [-0.1, -0.05) is 24.3 Å². The van der Waals surface area contributed by atoms with Crippen molar-refractivity contribution < 1.29 is 22.3 Å². The standard InChI is InChI=1S/C19H20FN3O4S/c1-12(16-6-4-5-15-10-21-23(2)18(15)16)28(25,26)22-11-14-8-7-13(9-17(14)20)19(24)27-3/h4-10,12,22H,11H2,1-3H3. The number of ether oxygens (including phenoxy) is 1. The van der Waals surface area contributed by atoms with E-state index in [9.17, 15) is 17.6 Å². The van der Waals surface area contributed by atoms with Gasteiger partial charge < -0.3 is 4.74 Å². The van der Waals surface area contributed by atoms with Crippen molar-refractivity contribution in [3.8, 4) is 0 Å². The number of carbonyl (C=O) groups is 1. The van der Waals surface area contributed by atoms with E-state index in [0.717, 1.165) is 17.0 Å². The number of hydrogen-bond donors (Lipinski definition) is 1. The molecule has 0 saturated carbocycles. The second-order valence-electron chi connectivity index (χ2n) is 6.36. The molecule has 3 rings (SSSR count). The molecule has 2 aromatic carbocycles. The Hall–Kier alpha value is -2.78. The molecule has 148 valence electrons. The molecule has 0 spiro atoms. The van der Waals surface area contributed by atoms with Crippen LogP contribution in [0.15, 0.2) is 42.6 Å². The van der Waals surface area contributed by atoms with Gasteiger partial charge in [-0.2, -0.15) is 5.10 Å². The fraction of sp³-hybridized carbons (Fsp3) is 0.263. The molecule has 0 aliphatic carbocycles. The third-order valence-electron chi connectivity index (χ3n) is 4.63. The Morgan fingerprint density at radius 1 is 1.32 bits per heavy atom. The normalized spacial score (nSPS) is 12.9. The zero-order valence-corrected chi connectivity index (χ0v) is 16.5. The Balaban J connectivity index is 1.82. The largest absolute Gasteiger partial charge is 0.465 e. The summed E-state index contributed by atoms with van der Waals surface area (Å²) in [7, 11) is -0.847. The van der Waals surface area contributed by atoms with Gasteiger partial charge in [0.1, 0.15) is 5.82 Å². The van der Waals surface area contributed by atoms with E-state index < -0.39 is 27.1 Å². The molecular weight excluding hydrogens is 385 g/mol. The predicted molar refractivity (Wildman–Crippen MR) is 103 cm³/mol. The lowest BCUT2D eigenvalue weighted by atomic mass is 10.1. The highest BCUT2D eigenvalue weighted by molar-refractivity contribution is 7.89. The van der Waals surface area contributed by atoms with Crippen molar-refractivity contribution >= 4 is 26.9 Å². The maximum absolute atomic E-state index is 14.2. The molecule has 0 saturated heterocycles. The molecule has 1 N–H and O–H groups in total. The van der Waals surface area contributed by atoms with Crippen LogP contribution < -0.4 is 4.72 Å². The number of esters is 1. The van der Waals surface area contributed by atoms with Crippen molar-refractivity contribution in [1.82, 2.24) is 14.5 Å². The molecule has 0 aliphatic heterocycles. The van der Waals surface area contributed by atoms with E-state index in [1.807, 2.05) is 6.07 Å². The van der Waals surface area contributed by atoms with Crippen molar-refractivity contribution in [2.75, 3.05) is 7.11 Å². The van der Waals surface area contributed by atoms with E-state index in [0.29, 0.717) is 5.56 Å². The maximum atomic E-state index is 14.2. The summed E-state index contributed by atoms with van der Waals surface area (Å²) in [6, 6.07) is 9.14. The molecule has 1 unspecified atom stereocenters. The van der Waals surface area contributed by atoms with E-state index in [1.54, 1.807) is 37.0 Å². The number of benzene rings is 2. The summed E-state index contributed by atoms with van der Waals surface area (Å²) >= 11 is 0. The van der Waals surface area contributed by atoms with Crippen LogP contribution in [-0.2, 0) is 28.4 Å². The molecule has 0 amide bonds. The number of nitrogens with one attached hydrogen (secondary N) is 1. The third-order valence-corrected chi connectivity index (χ3v) is 6.37. The van der Waals surface area contributed by atoms with Crippen molar-refractivity contribution in [2.24, 2.45) is 7.05 Å². The second kappa shape index (κ2) is 7.69. The second-order valence-corrected chi connectivity index (χ2v) is 8.45. The van der Waals surface area contributed by atoms with Crippen LogP contribution in [0.25, 0.3) is 10.9 Å². The summed E-state index contributed by atoms with van der Waals surface area (Å²) < 4.78 is 48.4. The lowest BCUT2D eigenvalue weighted by molar-refractivity contribution is 0.0600. The van der Waals surface area contributed by atoms with Gasteiger partial charge in [-0.15, -0.1) is 0 Å². The van der Waals surface area contributed by atoms with E-state index in [1.165, 1.54) is 19.2 Å². The van der Waals surface area contributed by atoms with Crippen LogP contribution in [0.3, 0.4) is 0 Å². The molecule has 28 heavy (non-hydrogen) atoms. The van der Waals surface area contributed by atoms with Gasteiger partial charge in [0.2, 0.25) is 10.0 Å². The average molecular weight is 405 g/mol. The van der Waals surface area contributed by atoms with Gasteiger partial charge in [-0.3, -0.25) is 4.68 Å². The maximum Gasteiger partial charge on any atom is 0.337 e. The minimum absolute atomic E-state index is 0.0582. The number of hydrogen-bond acceptors (Lipinski definition) is 5. The molecular formula is C19H20FN3O4S. The quantitative estimate of drug-likeness (QED) is 0.637. The van der Waals surface area contributed by atoms with Crippen molar-refractivity contribution in [2.45, 2.75) is 18.7 Å². The Morgan fingerprint density at radius 3 is 2.75 bits per heavy atom. The number of rotatable bonds is 6. The minimum atomic E-state index is -3.79. The van der Waals surface area contributed by atoms with Crippen molar-refractivity contribution in [1.29, 1.82) is 0 Å². The van der Waals surface area contributed by atoms with Gasteiger partial charge in [0.05, 0.1) is 29.6 Å². The fourth-order valence-electron chi connectivity index (χ4n) is 3.00. The Kier molecular flexibility index (Phi) is 5.48. The monoisotopic (exact) mass is 405 g/mol. The van der Waals surface area contributed by atoms with Gasteiger partial charge in [-0.25, -0.2) is 22.3 Å². The molecule has 0 aliphatic rings. The van der Waals surface area contributed by atoms with Crippen LogP contribution >= 0.6 is 0 Å². The highest BCUT2D eigenvalue weighted by Gasteiger charge is 2.25. The number of nitrogens with zero attached hydrogens (tertiary/aromatic N) is 2. The summed E-state index contributed by atoms with van der Waals surface area (Å²) in [6.45, 7) is 1.34. The molecule has 0 fully saturated rings. The number of methoxy groups -OCH3 is 1. The Bertz CT molecular complexity index is 1140. The first-order valence-corrected chi connectivity index (χ1v) is 10.0. The highest BCUT2D eigenvalue weighted by atomic mass is 32.2. The molecule has 1 heterocycles. The topological polar surface area (TPSA) is 90.3 Å². The lowest BCUT2D eigenvalue weighted by Gasteiger charge is -2.16. The van der Waals surface area contributed by atoms with Gasteiger partial charge in [0.15, 0.2) is 0 Å². The average Bonchev–Trinajstić information content (AvgIpc) is 3.07. The SMILES string of the molecule is COC(=O)c1ccc(CNS(=O)(=O)C(C)c2cccc3cnn(C)c23)c(F)c1. The number of sulfonamides is 1. The minimum Gasteiger partial charge on any atom is -0.465 e. The van der Waals surface area contributed by atoms with E-state index >= 15 is 0 Å². The Morgan fingerprint density at radius 2 is 2.07 bits per heavy atom. The van der Waals surface area contributed by atoms with E-state index in [2.05, 4.69) is 14.6 Å². The number of carbonyl (C=O) groups excluding carboxylic acids is 1. The van der Waals surface area contributed by atoms with Crippen molar-refractivity contribution in [3.05, 3.63) is 65.1 Å². The first kappa shape index (κ1) is 20.0. The first-order chi connectivity index (χ1) is 13.2. The van der Waals surface area contributed by atoms with Gasteiger partial charge in [0, 0.05) is 24.5 Å². The van der Waals surface area contributed by atoms with Crippen LogP contribution in [0.4, 0.5) is 4.39 Å². The zero-order valence-electron chi connectivity index (χ0n) is 15.6.